The SMILES string of the molecule is CN=C(NCCCc1cn(-c2ccccc2)nc1C)NCc1ccc(OC)c(OC)c1. The maximum atomic E-state index is 5.37. The smallest absolute Gasteiger partial charge is 0.191 e. The van der Waals surface area contributed by atoms with Crippen LogP contribution in [-0.2, 0) is 13.0 Å². The van der Waals surface area contributed by atoms with Crippen molar-refractivity contribution in [2.75, 3.05) is 27.8 Å². The summed E-state index contributed by atoms with van der Waals surface area (Å²) < 4.78 is 12.6. The topological polar surface area (TPSA) is 72.7 Å². The summed E-state index contributed by atoms with van der Waals surface area (Å²) in [5.41, 5.74) is 4.50. The van der Waals surface area contributed by atoms with Gasteiger partial charge in [-0.2, -0.15) is 5.10 Å². The highest BCUT2D eigenvalue weighted by Gasteiger charge is 2.07. The lowest BCUT2D eigenvalue weighted by atomic mass is 10.1. The zero-order valence-corrected chi connectivity index (χ0v) is 18.7. The van der Waals surface area contributed by atoms with Crippen LogP contribution in [0.25, 0.3) is 5.69 Å². The molecule has 7 nitrogen and oxygen atoms in total. The van der Waals surface area contributed by atoms with Crippen LogP contribution in [0.4, 0.5) is 0 Å². The number of rotatable bonds is 9. The molecule has 0 atom stereocenters. The number of ether oxygens (including phenoxy) is 2. The third-order valence-electron chi connectivity index (χ3n) is 5.07. The number of aliphatic imine (C=N–C) groups is 1. The van der Waals surface area contributed by atoms with Crippen LogP contribution >= 0.6 is 0 Å². The molecule has 3 rings (SSSR count). The number of hydrogen-bond donors (Lipinski definition) is 2. The van der Waals surface area contributed by atoms with E-state index >= 15 is 0 Å². The van der Waals surface area contributed by atoms with Crippen molar-refractivity contribution in [3.8, 4) is 17.2 Å². The highest BCUT2D eigenvalue weighted by molar-refractivity contribution is 5.79. The number of hydrogen-bond acceptors (Lipinski definition) is 4. The monoisotopic (exact) mass is 421 g/mol. The molecule has 0 amide bonds. The average molecular weight is 422 g/mol. The Balaban J connectivity index is 1.46. The van der Waals surface area contributed by atoms with E-state index in [2.05, 4.69) is 46.0 Å². The molecule has 0 spiro atoms. The average Bonchev–Trinajstić information content (AvgIpc) is 3.19. The van der Waals surface area contributed by atoms with Crippen molar-refractivity contribution in [1.82, 2.24) is 20.4 Å². The van der Waals surface area contributed by atoms with Gasteiger partial charge in [-0.1, -0.05) is 24.3 Å². The molecule has 1 heterocycles. The summed E-state index contributed by atoms with van der Waals surface area (Å²) in [7, 11) is 5.05. The van der Waals surface area contributed by atoms with Gasteiger partial charge < -0.3 is 20.1 Å². The highest BCUT2D eigenvalue weighted by atomic mass is 16.5. The number of aromatic nitrogens is 2. The first-order valence-electron chi connectivity index (χ1n) is 10.4. The normalized spacial score (nSPS) is 11.3. The van der Waals surface area contributed by atoms with E-state index in [1.54, 1.807) is 21.3 Å². The fourth-order valence-corrected chi connectivity index (χ4v) is 3.34. The van der Waals surface area contributed by atoms with Crippen LogP contribution in [-0.4, -0.2) is 43.6 Å². The summed E-state index contributed by atoms with van der Waals surface area (Å²) in [4.78, 5) is 4.31. The molecule has 7 heteroatoms. The van der Waals surface area contributed by atoms with Gasteiger partial charge >= 0.3 is 0 Å². The summed E-state index contributed by atoms with van der Waals surface area (Å²) in [6, 6.07) is 16.1. The van der Waals surface area contributed by atoms with E-state index in [9.17, 15) is 0 Å². The molecule has 0 aliphatic rings. The largest absolute Gasteiger partial charge is 0.493 e. The Kier molecular flexibility index (Phi) is 7.92. The van der Waals surface area contributed by atoms with Gasteiger partial charge in [0.15, 0.2) is 17.5 Å². The fourth-order valence-electron chi connectivity index (χ4n) is 3.34. The number of nitrogens with zero attached hydrogens (tertiary/aromatic N) is 3. The molecule has 3 aromatic rings. The van der Waals surface area contributed by atoms with Crippen molar-refractivity contribution in [2.45, 2.75) is 26.3 Å². The number of benzene rings is 2. The second-order valence-electron chi connectivity index (χ2n) is 7.17. The number of nitrogens with one attached hydrogen (secondary N) is 2. The van der Waals surface area contributed by atoms with Crippen molar-refractivity contribution in [1.29, 1.82) is 0 Å². The molecule has 0 aliphatic carbocycles. The lowest BCUT2D eigenvalue weighted by molar-refractivity contribution is 0.354. The summed E-state index contributed by atoms with van der Waals surface area (Å²) in [6.07, 6.45) is 4.06. The van der Waals surface area contributed by atoms with Gasteiger partial charge in [0, 0.05) is 26.3 Å². The van der Waals surface area contributed by atoms with Gasteiger partial charge in [0.25, 0.3) is 0 Å². The zero-order valence-electron chi connectivity index (χ0n) is 18.7. The second kappa shape index (κ2) is 11.1. The number of para-hydroxylation sites is 1. The molecular formula is C24H31N5O2. The third kappa shape index (κ3) is 6.01. The lowest BCUT2D eigenvalue weighted by Gasteiger charge is -2.13. The summed E-state index contributed by atoms with van der Waals surface area (Å²) in [5.74, 6) is 2.21. The van der Waals surface area contributed by atoms with Crippen LogP contribution in [0.2, 0.25) is 0 Å². The van der Waals surface area contributed by atoms with Crippen LogP contribution in [0, 0.1) is 6.92 Å². The van der Waals surface area contributed by atoms with E-state index in [1.807, 2.05) is 41.1 Å². The van der Waals surface area contributed by atoms with Crippen LogP contribution in [0.5, 0.6) is 11.5 Å². The maximum absolute atomic E-state index is 5.37. The molecule has 0 fully saturated rings. The summed E-state index contributed by atoms with van der Waals surface area (Å²) in [5, 5.41) is 11.4. The van der Waals surface area contributed by atoms with Crippen molar-refractivity contribution in [2.24, 2.45) is 4.99 Å². The van der Waals surface area contributed by atoms with Crippen LogP contribution in [0.1, 0.15) is 23.2 Å². The van der Waals surface area contributed by atoms with Gasteiger partial charge in [0.2, 0.25) is 0 Å². The number of aryl methyl sites for hydroxylation is 2. The molecule has 0 unspecified atom stereocenters. The molecule has 0 radical (unpaired) electrons. The Hall–Kier alpha value is -3.48. The van der Waals surface area contributed by atoms with Crippen LogP contribution in [0.15, 0.2) is 59.7 Å². The first-order valence-corrected chi connectivity index (χ1v) is 10.4. The Morgan fingerprint density at radius 3 is 2.52 bits per heavy atom. The van der Waals surface area contributed by atoms with Gasteiger partial charge in [-0.05, 0) is 55.2 Å². The van der Waals surface area contributed by atoms with Gasteiger partial charge in [0.1, 0.15) is 0 Å². The van der Waals surface area contributed by atoms with Crippen molar-refractivity contribution >= 4 is 5.96 Å². The molecular weight excluding hydrogens is 390 g/mol. The Morgan fingerprint density at radius 2 is 1.81 bits per heavy atom. The van der Waals surface area contributed by atoms with E-state index in [4.69, 9.17) is 9.47 Å². The van der Waals surface area contributed by atoms with Crippen molar-refractivity contribution < 1.29 is 9.47 Å². The molecule has 1 aromatic heterocycles. The minimum absolute atomic E-state index is 0.642. The minimum atomic E-state index is 0.642. The molecule has 0 saturated carbocycles. The van der Waals surface area contributed by atoms with Crippen LogP contribution in [0.3, 0.4) is 0 Å². The Morgan fingerprint density at radius 1 is 1.03 bits per heavy atom. The Bertz CT molecular complexity index is 998. The first-order chi connectivity index (χ1) is 15.1. The molecule has 164 valence electrons. The highest BCUT2D eigenvalue weighted by Crippen LogP contribution is 2.27. The van der Waals surface area contributed by atoms with Crippen LogP contribution < -0.4 is 20.1 Å². The van der Waals surface area contributed by atoms with Crippen molar-refractivity contribution in [3.05, 3.63) is 71.5 Å². The molecule has 2 N–H and O–H groups in total. The number of guanidine groups is 1. The van der Waals surface area contributed by atoms with Gasteiger partial charge in [-0.25, -0.2) is 4.68 Å². The predicted octanol–water partition coefficient (Wildman–Crippen LogP) is 3.50. The predicted molar refractivity (Wildman–Crippen MR) is 124 cm³/mol. The zero-order chi connectivity index (χ0) is 22.1. The fraction of sp³-hybridized carbons (Fsp3) is 0.333. The molecule has 0 aliphatic heterocycles. The second-order valence-corrected chi connectivity index (χ2v) is 7.17. The van der Waals surface area contributed by atoms with E-state index < -0.39 is 0 Å². The maximum Gasteiger partial charge on any atom is 0.191 e. The molecule has 0 bridgehead atoms. The Labute approximate surface area is 184 Å². The van der Waals surface area contributed by atoms with Gasteiger partial charge in [-0.3, -0.25) is 4.99 Å². The van der Waals surface area contributed by atoms with E-state index in [0.717, 1.165) is 53.8 Å². The van der Waals surface area contributed by atoms with E-state index in [1.165, 1.54) is 5.56 Å². The quantitative estimate of drug-likeness (QED) is 0.314. The van der Waals surface area contributed by atoms with Gasteiger partial charge in [-0.15, -0.1) is 0 Å². The number of methoxy groups -OCH3 is 2. The summed E-state index contributed by atoms with van der Waals surface area (Å²) >= 11 is 0. The van der Waals surface area contributed by atoms with Crippen molar-refractivity contribution in [3.63, 3.8) is 0 Å². The third-order valence-corrected chi connectivity index (χ3v) is 5.07. The molecule has 2 aromatic carbocycles. The first kappa shape index (κ1) is 22.2. The molecule has 31 heavy (non-hydrogen) atoms. The standard InChI is InChI=1S/C24H31N5O2/c1-18-20(17-29(28-18)21-10-6-5-7-11-21)9-8-14-26-24(25-2)27-16-19-12-13-22(30-3)23(15-19)31-4/h5-7,10-13,15,17H,8-9,14,16H2,1-4H3,(H2,25,26,27). The van der Waals surface area contributed by atoms with E-state index in [0.29, 0.717) is 6.54 Å². The minimum Gasteiger partial charge on any atom is -0.493 e. The summed E-state index contributed by atoms with van der Waals surface area (Å²) in [6.45, 7) is 3.52. The molecule has 0 saturated heterocycles. The lowest BCUT2D eigenvalue weighted by Crippen LogP contribution is -2.37. The van der Waals surface area contributed by atoms with E-state index in [-0.39, 0.29) is 0 Å². The van der Waals surface area contributed by atoms with Gasteiger partial charge in [0.05, 0.1) is 25.6 Å².